The van der Waals surface area contributed by atoms with E-state index in [4.69, 9.17) is 5.11 Å². The predicted molar refractivity (Wildman–Crippen MR) is 60.1 cm³/mol. The number of rotatable bonds is 5. The Kier molecular flexibility index (Phi) is 4.71. The van der Waals surface area contributed by atoms with E-state index in [1.165, 1.54) is 11.3 Å². The van der Waals surface area contributed by atoms with Gasteiger partial charge in [-0.1, -0.05) is 13.8 Å². The lowest BCUT2D eigenvalue weighted by Crippen LogP contribution is -2.36. The van der Waals surface area contributed by atoms with Crippen LogP contribution in [0.1, 0.15) is 34.9 Å². The topological polar surface area (TPSA) is 62.2 Å². The molecule has 0 spiro atoms. The zero-order valence-corrected chi connectivity index (χ0v) is 9.80. The minimum absolute atomic E-state index is 0.0261. The average molecular weight is 228 g/mol. The van der Waals surface area contributed by atoms with Crippen molar-refractivity contribution in [2.24, 2.45) is 0 Å². The molecule has 0 radical (unpaired) electrons. The molecule has 0 saturated carbocycles. The number of nitrogens with one attached hydrogen (secondary N) is 1. The predicted octanol–water partition coefficient (Wildman–Crippen LogP) is 1.21. The molecular formula is C10H16N2O2S. The largest absolute Gasteiger partial charge is 0.394 e. The second-order valence-corrected chi connectivity index (χ2v) is 4.35. The standard InChI is InChI=1S/C10H16N2O2S/c1-3-7(6-13)12-10(14)8-5-11-9(4-2)15-8/h5,7,13H,3-4,6H2,1-2H3,(H,12,14). The van der Waals surface area contributed by atoms with Crippen LogP contribution in [0.2, 0.25) is 0 Å². The summed E-state index contributed by atoms with van der Waals surface area (Å²) in [7, 11) is 0. The van der Waals surface area contributed by atoms with Gasteiger partial charge in [0.15, 0.2) is 0 Å². The third-order valence-electron chi connectivity index (χ3n) is 2.13. The molecule has 1 aromatic rings. The summed E-state index contributed by atoms with van der Waals surface area (Å²) in [4.78, 5) is 16.4. The maximum atomic E-state index is 11.7. The minimum atomic E-state index is -0.162. The first-order valence-electron chi connectivity index (χ1n) is 5.07. The van der Waals surface area contributed by atoms with Crippen LogP contribution in [0.4, 0.5) is 0 Å². The molecule has 1 heterocycles. The normalized spacial score (nSPS) is 12.5. The molecule has 0 aliphatic rings. The Balaban J connectivity index is 2.60. The highest BCUT2D eigenvalue weighted by atomic mass is 32.1. The van der Waals surface area contributed by atoms with Crippen molar-refractivity contribution in [1.29, 1.82) is 0 Å². The minimum Gasteiger partial charge on any atom is -0.394 e. The first-order chi connectivity index (χ1) is 7.21. The van der Waals surface area contributed by atoms with Crippen molar-refractivity contribution in [2.45, 2.75) is 32.7 Å². The molecule has 2 N–H and O–H groups in total. The Morgan fingerprint density at radius 3 is 2.87 bits per heavy atom. The first kappa shape index (κ1) is 12.1. The number of thiazole rings is 1. The molecule has 5 heteroatoms. The summed E-state index contributed by atoms with van der Waals surface area (Å²) in [5.41, 5.74) is 0. The molecule has 1 unspecified atom stereocenters. The number of nitrogens with zero attached hydrogens (tertiary/aromatic N) is 1. The van der Waals surface area contributed by atoms with E-state index in [2.05, 4.69) is 10.3 Å². The summed E-state index contributed by atoms with van der Waals surface area (Å²) in [6, 6.07) is -0.162. The van der Waals surface area contributed by atoms with E-state index in [-0.39, 0.29) is 18.6 Å². The monoisotopic (exact) mass is 228 g/mol. The lowest BCUT2D eigenvalue weighted by Gasteiger charge is -2.12. The van der Waals surface area contributed by atoms with Gasteiger partial charge in [-0.15, -0.1) is 11.3 Å². The number of aryl methyl sites for hydroxylation is 1. The van der Waals surface area contributed by atoms with E-state index in [9.17, 15) is 4.79 Å². The van der Waals surface area contributed by atoms with Crippen LogP contribution in [0, 0.1) is 0 Å². The van der Waals surface area contributed by atoms with E-state index in [0.717, 1.165) is 17.8 Å². The maximum Gasteiger partial charge on any atom is 0.263 e. The second-order valence-electron chi connectivity index (χ2n) is 3.23. The molecule has 1 rings (SSSR count). The highest BCUT2D eigenvalue weighted by molar-refractivity contribution is 7.13. The van der Waals surface area contributed by atoms with Crippen molar-refractivity contribution < 1.29 is 9.90 Å². The molecule has 0 aliphatic carbocycles. The fraction of sp³-hybridized carbons (Fsp3) is 0.600. The number of aliphatic hydroxyl groups excluding tert-OH is 1. The van der Waals surface area contributed by atoms with Crippen molar-refractivity contribution in [3.05, 3.63) is 16.1 Å². The van der Waals surface area contributed by atoms with E-state index in [1.54, 1.807) is 6.20 Å². The molecular weight excluding hydrogens is 212 g/mol. The Morgan fingerprint density at radius 2 is 2.40 bits per heavy atom. The van der Waals surface area contributed by atoms with Crippen molar-refractivity contribution in [1.82, 2.24) is 10.3 Å². The number of amides is 1. The molecule has 84 valence electrons. The SMILES string of the molecule is CCc1ncc(C(=O)NC(CC)CO)s1. The molecule has 15 heavy (non-hydrogen) atoms. The second kappa shape index (κ2) is 5.82. The molecule has 1 atom stereocenters. The van der Waals surface area contributed by atoms with Gasteiger partial charge in [0, 0.05) is 0 Å². The Hall–Kier alpha value is -0.940. The third-order valence-corrected chi connectivity index (χ3v) is 3.27. The number of aliphatic hydroxyl groups is 1. The quantitative estimate of drug-likeness (QED) is 0.796. The maximum absolute atomic E-state index is 11.7. The van der Waals surface area contributed by atoms with E-state index < -0.39 is 0 Å². The molecule has 0 saturated heterocycles. The lowest BCUT2D eigenvalue weighted by atomic mass is 10.2. The molecule has 4 nitrogen and oxygen atoms in total. The zero-order valence-electron chi connectivity index (χ0n) is 8.99. The number of hydrogen-bond donors (Lipinski definition) is 2. The summed E-state index contributed by atoms with van der Waals surface area (Å²) in [5.74, 6) is -0.145. The highest BCUT2D eigenvalue weighted by Gasteiger charge is 2.13. The molecule has 0 fully saturated rings. The lowest BCUT2D eigenvalue weighted by molar-refractivity contribution is 0.0919. The fourth-order valence-corrected chi connectivity index (χ4v) is 1.87. The van der Waals surface area contributed by atoms with Gasteiger partial charge in [-0.05, 0) is 12.8 Å². The van der Waals surface area contributed by atoms with Gasteiger partial charge < -0.3 is 10.4 Å². The van der Waals surface area contributed by atoms with Gasteiger partial charge >= 0.3 is 0 Å². The van der Waals surface area contributed by atoms with Crippen LogP contribution in [0.3, 0.4) is 0 Å². The van der Waals surface area contributed by atoms with Gasteiger partial charge in [0.25, 0.3) is 5.91 Å². The van der Waals surface area contributed by atoms with Crippen molar-refractivity contribution in [3.63, 3.8) is 0 Å². The summed E-state index contributed by atoms with van der Waals surface area (Å²) in [6.45, 7) is 3.90. The molecule has 0 aromatic carbocycles. The average Bonchev–Trinajstić information content (AvgIpc) is 2.74. The summed E-state index contributed by atoms with van der Waals surface area (Å²) >= 11 is 1.40. The van der Waals surface area contributed by atoms with Gasteiger partial charge in [0.2, 0.25) is 0 Å². The van der Waals surface area contributed by atoms with E-state index in [1.807, 2.05) is 13.8 Å². The third kappa shape index (κ3) is 3.28. The fourth-order valence-electron chi connectivity index (χ4n) is 1.11. The van der Waals surface area contributed by atoms with Crippen LogP contribution in [-0.2, 0) is 6.42 Å². The molecule has 0 aliphatic heterocycles. The van der Waals surface area contributed by atoms with Crippen LogP contribution < -0.4 is 5.32 Å². The van der Waals surface area contributed by atoms with Crippen LogP contribution in [0.15, 0.2) is 6.20 Å². The van der Waals surface area contributed by atoms with Gasteiger partial charge in [-0.3, -0.25) is 4.79 Å². The van der Waals surface area contributed by atoms with Gasteiger partial charge in [-0.25, -0.2) is 4.98 Å². The molecule has 1 amide bonds. The van der Waals surface area contributed by atoms with Crippen molar-refractivity contribution >= 4 is 17.2 Å². The van der Waals surface area contributed by atoms with Crippen molar-refractivity contribution in [2.75, 3.05) is 6.61 Å². The Morgan fingerprint density at radius 1 is 1.67 bits per heavy atom. The summed E-state index contributed by atoms with van der Waals surface area (Å²) in [6.07, 6.45) is 3.15. The number of aromatic nitrogens is 1. The molecule has 0 bridgehead atoms. The van der Waals surface area contributed by atoms with E-state index >= 15 is 0 Å². The Bertz CT molecular complexity index is 321. The molecule has 1 aromatic heterocycles. The Labute approximate surface area is 93.4 Å². The summed E-state index contributed by atoms with van der Waals surface area (Å²) in [5, 5.41) is 12.7. The number of carbonyl (C=O) groups is 1. The highest BCUT2D eigenvalue weighted by Crippen LogP contribution is 2.13. The number of hydrogen-bond acceptors (Lipinski definition) is 4. The van der Waals surface area contributed by atoms with E-state index in [0.29, 0.717) is 4.88 Å². The van der Waals surface area contributed by atoms with Gasteiger partial charge in [-0.2, -0.15) is 0 Å². The van der Waals surface area contributed by atoms with Crippen molar-refractivity contribution in [3.8, 4) is 0 Å². The zero-order chi connectivity index (χ0) is 11.3. The van der Waals surface area contributed by atoms with Gasteiger partial charge in [0.1, 0.15) is 4.88 Å². The number of carbonyl (C=O) groups excluding carboxylic acids is 1. The van der Waals surface area contributed by atoms with Crippen LogP contribution in [0.5, 0.6) is 0 Å². The van der Waals surface area contributed by atoms with Crippen LogP contribution >= 0.6 is 11.3 Å². The first-order valence-corrected chi connectivity index (χ1v) is 5.89. The van der Waals surface area contributed by atoms with Crippen LogP contribution in [-0.4, -0.2) is 28.6 Å². The van der Waals surface area contributed by atoms with Crippen LogP contribution in [0.25, 0.3) is 0 Å². The van der Waals surface area contributed by atoms with Gasteiger partial charge in [0.05, 0.1) is 23.9 Å². The smallest absolute Gasteiger partial charge is 0.263 e. The summed E-state index contributed by atoms with van der Waals surface area (Å²) < 4.78 is 0.